The maximum Gasteiger partial charge on any atom is 0.163 e. The largest absolute Gasteiger partial charge is 0.294 e. The van der Waals surface area contributed by atoms with Crippen molar-refractivity contribution >= 4 is 27.8 Å². The van der Waals surface area contributed by atoms with Crippen LogP contribution in [-0.2, 0) is 11.2 Å². The molecular weight excluding hydrogens is 308 g/mol. The molecule has 0 fully saturated rings. The molecule has 1 heterocycles. The van der Waals surface area contributed by atoms with Gasteiger partial charge in [-0.1, -0.05) is 43.3 Å². The molecule has 3 heteroatoms. The number of hydrogen-bond acceptors (Lipinski definition) is 2. The number of fused-ring (bicyclic) bond motifs is 5. The summed E-state index contributed by atoms with van der Waals surface area (Å²) in [5.41, 5.74) is 7.03. The Morgan fingerprint density at radius 1 is 1.16 bits per heavy atom. The smallest absolute Gasteiger partial charge is 0.163 e. The van der Waals surface area contributed by atoms with E-state index in [0.717, 1.165) is 35.9 Å². The molecule has 0 aliphatic heterocycles. The topological polar surface area (TPSA) is 45.8 Å². The van der Waals surface area contributed by atoms with E-state index >= 15 is 0 Å². The fraction of sp³-hybridized carbons (Fsp3) is 0.273. The summed E-state index contributed by atoms with van der Waals surface area (Å²) in [4.78, 5) is 12.9. The van der Waals surface area contributed by atoms with Crippen LogP contribution in [0.15, 0.2) is 48.7 Å². The summed E-state index contributed by atoms with van der Waals surface area (Å²) in [6, 6.07) is 14.5. The van der Waals surface area contributed by atoms with Gasteiger partial charge in [-0.15, -0.1) is 0 Å². The molecule has 2 aliphatic carbocycles. The minimum absolute atomic E-state index is 0.0764. The highest BCUT2D eigenvalue weighted by Crippen LogP contribution is 2.58. The number of carbonyl (C=O) groups is 1. The third-order valence-corrected chi connectivity index (χ3v) is 6.15. The highest BCUT2D eigenvalue weighted by atomic mass is 16.1. The van der Waals surface area contributed by atoms with Crippen molar-refractivity contribution in [2.75, 3.05) is 0 Å². The number of benzene rings is 2. The Morgan fingerprint density at radius 2 is 2.00 bits per heavy atom. The number of nitrogens with zero attached hydrogens (tertiary/aromatic N) is 1. The molecule has 25 heavy (non-hydrogen) atoms. The molecule has 0 bridgehead atoms. The van der Waals surface area contributed by atoms with Gasteiger partial charge in [0.25, 0.3) is 0 Å². The minimum atomic E-state index is 0.0764. The molecule has 2 aromatic carbocycles. The first-order chi connectivity index (χ1) is 12.2. The summed E-state index contributed by atoms with van der Waals surface area (Å²) in [6.07, 6.45) is 5.58. The van der Waals surface area contributed by atoms with Crippen LogP contribution < -0.4 is 0 Å². The van der Waals surface area contributed by atoms with Gasteiger partial charge >= 0.3 is 0 Å². The van der Waals surface area contributed by atoms with E-state index in [9.17, 15) is 4.79 Å². The van der Waals surface area contributed by atoms with Gasteiger partial charge in [-0.05, 0) is 47.6 Å². The Morgan fingerprint density at radius 3 is 2.80 bits per heavy atom. The van der Waals surface area contributed by atoms with E-state index in [-0.39, 0.29) is 11.2 Å². The summed E-state index contributed by atoms with van der Waals surface area (Å²) in [5.74, 6) is 0.283. The molecule has 1 atom stereocenters. The molecule has 0 radical (unpaired) electrons. The summed E-state index contributed by atoms with van der Waals surface area (Å²) in [6.45, 7) is 2.26. The Bertz CT molecular complexity index is 1030. The molecule has 0 amide bonds. The SMILES string of the molecule is CC[C@@]12CCC(=O)C(c3ccccc3)=C1c1ccc3[nH]ncc3c1C2. The molecule has 5 rings (SSSR count). The van der Waals surface area contributed by atoms with Crippen LogP contribution in [0.2, 0.25) is 0 Å². The van der Waals surface area contributed by atoms with E-state index in [0.29, 0.717) is 6.42 Å². The first kappa shape index (κ1) is 14.6. The maximum atomic E-state index is 12.9. The lowest BCUT2D eigenvalue weighted by atomic mass is 9.67. The summed E-state index contributed by atoms with van der Waals surface area (Å²) >= 11 is 0. The van der Waals surface area contributed by atoms with Crippen LogP contribution in [0.4, 0.5) is 0 Å². The van der Waals surface area contributed by atoms with Gasteiger partial charge in [0.1, 0.15) is 0 Å². The molecule has 0 saturated heterocycles. The predicted molar refractivity (Wildman–Crippen MR) is 100 cm³/mol. The van der Waals surface area contributed by atoms with Crippen LogP contribution in [0.5, 0.6) is 0 Å². The van der Waals surface area contributed by atoms with Gasteiger partial charge in [-0.3, -0.25) is 9.89 Å². The van der Waals surface area contributed by atoms with Crippen LogP contribution in [0.1, 0.15) is 42.9 Å². The lowest BCUT2D eigenvalue weighted by Crippen LogP contribution is -2.27. The van der Waals surface area contributed by atoms with Crippen LogP contribution >= 0.6 is 0 Å². The van der Waals surface area contributed by atoms with Gasteiger partial charge in [-0.2, -0.15) is 5.10 Å². The number of Topliss-reactive ketones (excluding diaryl/α,β-unsaturated/α-hetero) is 1. The van der Waals surface area contributed by atoms with E-state index in [1.807, 2.05) is 24.4 Å². The number of aromatic nitrogens is 2. The Labute approximate surface area is 146 Å². The number of aromatic amines is 1. The van der Waals surface area contributed by atoms with E-state index in [1.54, 1.807) is 0 Å². The van der Waals surface area contributed by atoms with Gasteiger partial charge in [0.15, 0.2) is 5.78 Å². The van der Waals surface area contributed by atoms with Crippen LogP contribution in [-0.4, -0.2) is 16.0 Å². The standard InChI is InChI=1S/C22H20N2O/c1-2-22-11-10-19(25)20(14-6-4-3-5-7-14)21(22)15-8-9-18-17(13-23-24-18)16(15)12-22/h3-9,13H,2,10-12H2,1H3,(H,23,24)/t22-/m0/s1. The van der Waals surface area contributed by atoms with Crippen molar-refractivity contribution in [2.45, 2.75) is 32.6 Å². The molecule has 0 spiro atoms. The van der Waals surface area contributed by atoms with Crippen molar-refractivity contribution in [1.82, 2.24) is 10.2 Å². The van der Waals surface area contributed by atoms with E-state index in [1.165, 1.54) is 22.1 Å². The summed E-state index contributed by atoms with van der Waals surface area (Å²) in [5, 5.41) is 8.51. The van der Waals surface area contributed by atoms with Crippen LogP contribution in [0.25, 0.3) is 22.0 Å². The normalized spacial score (nSPS) is 22.4. The molecule has 1 N–H and O–H groups in total. The Balaban J connectivity index is 1.88. The average molecular weight is 328 g/mol. The fourth-order valence-electron chi connectivity index (χ4n) is 4.83. The predicted octanol–water partition coefficient (Wildman–Crippen LogP) is 4.79. The third-order valence-electron chi connectivity index (χ3n) is 6.15. The Hall–Kier alpha value is -2.68. The number of carbonyl (C=O) groups excluding carboxylic acids is 1. The molecule has 124 valence electrons. The second-order valence-electron chi connectivity index (χ2n) is 7.27. The summed E-state index contributed by atoms with van der Waals surface area (Å²) in [7, 11) is 0. The molecule has 3 nitrogen and oxygen atoms in total. The first-order valence-electron chi connectivity index (χ1n) is 9.02. The third kappa shape index (κ3) is 1.92. The molecule has 0 saturated carbocycles. The van der Waals surface area contributed by atoms with Gasteiger partial charge < -0.3 is 0 Å². The van der Waals surface area contributed by atoms with Gasteiger partial charge in [-0.25, -0.2) is 0 Å². The number of nitrogens with one attached hydrogen (secondary N) is 1. The van der Waals surface area contributed by atoms with Crippen molar-refractivity contribution in [3.05, 3.63) is 65.4 Å². The van der Waals surface area contributed by atoms with Crippen molar-refractivity contribution in [3.63, 3.8) is 0 Å². The zero-order chi connectivity index (χ0) is 17.0. The fourth-order valence-corrected chi connectivity index (χ4v) is 4.83. The number of ketones is 1. The summed E-state index contributed by atoms with van der Waals surface area (Å²) < 4.78 is 0. The van der Waals surface area contributed by atoms with E-state index < -0.39 is 0 Å². The molecule has 0 unspecified atom stereocenters. The maximum absolute atomic E-state index is 12.9. The Kier molecular flexibility index (Phi) is 3.02. The van der Waals surface area contributed by atoms with Crippen LogP contribution in [0.3, 0.4) is 0 Å². The van der Waals surface area contributed by atoms with Crippen molar-refractivity contribution in [1.29, 1.82) is 0 Å². The molecule has 3 aromatic rings. The van der Waals surface area contributed by atoms with E-state index in [4.69, 9.17) is 0 Å². The number of rotatable bonds is 2. The van der Waals surface area contributed by atoms with Gasteiger partial charge in [0.05, 0.1) is 11.7 Å². The molecule has 1 aromatic heterocycles. The van der Waals surface area contributed by atoms with Gasteiger partial charge in [0.2, 0.25) is 0 Å². The highest BCUT2D eigenvalue weighted by Gasteiger charge is 2.46. The first-order valence-corrected chi connectivity index (χ1v) is 9.02. The second kappa shape index (κ2) is 5.16. The average Bonchev–Trinajstić information content (AvgIpc) is 3.25. The quantitative estimate of drug-likeness (QED) is 0.735. The zero-order valence-electron chi connectivity index (χ0n) is 14.3. The number of H-pyrrole nitrogens is 1. The van der Waals surface area contributed by atoms with E-state index in [2.05, 4.69) is 41.4 Å². The monoisotopic (exact) mass is 328 g/mol. The highest BCUT2D eigenvalue weighted by molar-refractivity contribution is 6.30. The van der Waals surface area contributed by atoms with Crippen LogP contribution in [0, 0.1) is 5.41 Å². The molecular formula is C22H20N2O. The number of hydrogen-bond donors (Lipinski definition) is 1. The number of allylic oxidation sites excluding steroid dienone is 2. The van der Waals surface area contributed by atoms with Crippen molar-refractivity contribution < 1.29 is 4.79 Å². The van der Waals surface area contributed by atoms with Gasteiger partial charge in [0, 0.05) is 22.8 Å². The van der Waals surface area contributed by atoms with Crippen molar-refractivity contribution in [3.8, 4) is 0 Å². The van der Waals surface area contributed by atoms with Crippen molar-refractivity contribution in [2.24, 2.45) is 5.41 Å². The zero-order valence-corrected chi connectivity index (χ0v) is 14.3. The minimum Gasteiger partial charge on any atom is -0.294 e. The lowest BCUT2D eigenvalue weighted by molar-refractivity contribution is -0.114. The lowest BCUT2D eigenvalue weighted by Gasteiger charge is -2.35. The molecule has 2 aliphatic rings. The second-order valence-corrected chi connectivity index (χ2v) is 7.27.